The molecule has 2 unspecified atom stereocenters. The summed E-state index contributed by atoms with van der Waals surface area (Å²) in [7, 11) is -0.169. The summed E-state index contributed by atoms with van der Waals surface area (Å²) in [6, 6.07) is 4.10. The number of hydrogen-bond acceptors (Lipinski definition) is 5. The number of carbonyl (C=O) groups is 1. The molecule has 0 heterocycles. The molecule has 0 N–H and O–H groups in total. The number of hydrogen-bond donors (Lipinski definition) is 0. The van der Waals surface area contributed by atoms with Crippen LogP contribution in [0.4, 0.5) is 5.69 Å². The van der Waals surface area contributed by atoms with Gasteiger partial charge in [0, 0.05) is 33.2 Å². The van der Waals surface area contributed by atoms with Crippen LogP contribution in [0.5, 0.6) is 0 Å². The van der Waals surface area contributed by atoms with Crippen molar-refractivity contribution in [3.8, 4) is 0 Å². The van der Waals surface area contributed by atoms with E-state index in [2.05, 4.69) is 4.74 Å². The van der Waals surface area contributed by atoms with Crippen molar-refractivity contribution in [2.24, 2.45) is 5.92 Å². The van der Waals surface area contributed by atoms with Gasteiger partial charge >= 0.3 is 5.97 Å². The third-order valence-corrected chi connectivity index (χ3v) is 4.33. The Balaban J connectivity index is 2.82. The number of ether oxygens (including phenoxy) is 1. The highest BCUT2D eigenvalue weighted by Gasteiger charge is 2.20. The Hall–Kier alpha value is -1.47. The van der Waals surface area contributed by atoms with Crippen LogP contribution in [0.3, 0.4) is 0 Å². The number of rotatable bonds is 6. The first-order valence-corrected chi connectivity index (χ1v) is 7.57. The van der Waals surface area contributed by atoms with Gasteiger partial charge in [0.25, 0.3) is 5.69 Å². The van der Waals surface area contributed by atoms with Crippen molar-refractivity contribution in [2.75, 3.05) is 12.9 Å². The second kappa shape index (κ2) is 7.35. The van der Waals surface area contributed by atoms with Crippen LogP contribution in [0.15, 0.2) is 18.2 Å². The Morgan fingerprint density at radius 3 is 2.75 bits per heavy atom. The fourth-order valence-electron chi connectivity index (χ4n) is 1.63. The van der Waals surface area contributed by atoms with Crippen LogP contribution in [0.25, 0.3) is 0 Å². The van der Waals surface area contributed by atoms with Crippen LogP contribution in [-0.4, -0.2) is 28.0 Å². The molecular formula is C12H14ClNO5S. The fourth-order valence-corrected chi connectivity index (χ4v) is 3.21. The Kier molecular flexibility index (Phi) is 6.09. The molecule has 1 aromatic carbocycles. The third-order valence-electron chi connectivity index (χ3n) is 2.59. The van der Waals surface area contributed by atoms with Crippen LogP contribution in [0.1, 0.15) is 12.5 Å². The molecule has 20 heavy (non-hydrogen) atoms. The number of nitro groups is 1. The van der Waals surface area contributed by atoms with E-state index in [1.54, 1.807) is 6.92 Å². The molecule has 0 bridgehead atoms. The summed E-state index contributed by atoms with van der Waals surface area (Å²) >= 11 is 5.79. The summed E-state index contributed by atoms with van der Waals surface area (Å²) in [5.41, 5.74) is 0.159. The van der Waals surface area contributed by atoms with E-state index in [9.17, 15) is 19.1 Å². The van der Waals surface area contributed by atoms with Gasteiger partial charge in [0.15, 0.2) is 0 Å². The molecule has 0 aromatic heterocycles. The standard InChI is InChI=1S/C12H14ClNO5S/c1-8(12(15)19-2)6-20(18)7-9-5-10(13)3-4-11(9)14(16)17/h3-5,8H,6-7H2,1-2H3. The molecule has 0 spiro atoms. The molecule has 0 amide bonds. The largest absolute Gasteiger partial charge is 0.469 e. The second-order valence-corrected chi connectivity index (χ2v) is 6.14. The Morgan fingerprint density at radius 2 is 2.20 bits per heavy atom. The summed E-state index contributed by atoms with van der Waals surface area (Å²) in [6.07, 6.45) is 0. The molecule has 2 atom stereocenters. The van der Waals surface area contributed by atoms with Crippen LogP contribution >= 0.6 is 11.6 Å². The van der Waals surface area contributed by atoms with Crippen LogP contribution in [0, 0.1) is 16.0 Å². The van der Waals surface area contributed by atoms with Gasteiger partial charge in [-0.2, -0.15) is 0 Å². The fraction of sp³-hybridized carbons (Fsp3) is 0.417. The highest BCUT2D eigenvalue weighted by molar-refractivity contribution is 7.84. The zero-order chi connectivity index (χ0) is 15.3. The number of halogens is 1. The predicted octanol–water partition coefficient (Wildman–Crippen LogP) is 2.31. The van der Waals surface area contributed by atoms with Gasteiger partial charge in [-0.05, 0) is 12.1 Å². The molecular weight excluding hydrogens is 306 g/mol. The molecule has 1 aromatic rings. The number of carbonyl (C=O) groups excluding carboxylic acids is 1. The van der Waals surface area contributed by atoms with E-state index in [0.717, 1.165) is 0 Å². The number of benzene rings is 1. The van der Waals surface area contributed by atoms with E-state index in [0.29, 0.717) is 5.02 Å². The number of esters is 1. The Morgan fingerprint density at radius 1 is 1.55 bits per heavy atom. The zero-order valence-corrected chi connectivity index (χ0v) is 12.6. The lowest BCUT2D eigenvalue weighted by Crippen LogP contribution is -2.20. The van der Waals surface area contributed by atoms with E-state index < -0.39 is 27.6 Å². The second-order valence-electron chi connectivity index (χ2n) is 4.21. The minimum Gasteiger partial charge on any atom is -0.469 e. The van der Waals surface area contributed by atoms with Crippen molar-refractivity contribution >= 4 is 34.1 Å². The first-order valence-electron chi connectivity index (χ1n) is 5.70. The van der Waals surface area contributed by atoms with Crippen LogP contribution < -0.4 is 0 Å². The van der Waals surface area contributed by atoms with E-state index in [-0.39, 0.29) is 22.8 Å². The van der Waals surface area contributed by atoms with Gasteiger partial charge in [0.2, 0.25) is 0 Å². The van der Waals surface area contributed by atoms with Gasteiger partial charge in [-0.3, -0.25) is 19.1 Å². The van der Waals surface area contributed by atoms with Gasteiger partial charge in [-0.1, -0.05) is 18.5 Å². The SMILES string of the molecule is COC(=O)C(C)CS(=O)Cc1cc(Cl)ccc1[N+](=O)[O-]. The molecule has 0 aliphatic carbocycles. The van der Waals surface area contributed by atoms with Crippen molar-refractivity contribution in [1.82, 2.24) is 0 Å². The summed E-state index contributed by atoms with van der Waals surface area (Å²) in [4.78, 5) is 21.6. The van der Waals surface area contributed by atoms with Crippen molar-refractivity contribution in [2.45, 2.75) is 12.7 Å². The van der Waals surface area contributed by atoms with E-state index in [1.807, 2.05) is 0 Å². The molecule has 0 radical (unpaired) electrons. The van der Waals surface area contributed by atoms with Crippen molar-refractivity contribution in [1.29, 1.82) is 0 Å². The summed E-state index contributed by atoms with van der Waals surface area (Å²) in [6.45, 7) is 1.59. The van der Waals surface area contributed by atoms with Gasteiger partial charge in [0.05, 0.1) is 23.7 Å². The third kappa shape index (κ3) is 4.57. The van der Waals surface area contributed by atoms with E-state index in [4.69, 9.17) is 11.6 Å². The molecule has 110 valence electrons. The highest BCUT2D eigenvalue weighted by Crippen LogP contribution is 2.24. The number of nitrogens with zero attached hydrogens (tertiary/aromatic N) is 1. The summed E-state index contributed by atoms with van der Waals surface area (Å²) in [5.74, 6) is -0.938. The average Bonchev–Trinajstić information content (AvgIpc) is 2.37. The normalized spacial score (nSPS) is 13.6. The maximum Gasteiger partial charge on any atom is 0.309 e. The summed E-state index contributed by atoms with van der Waals surface area (Å²) in [5, 5.41) is 11.2. The monoisotopic (exact) mass is 319 g/mol. The molecule has 0 aliphatic rings. The van der Waals surface area contributed by atoms with Crippen molar-refractivity contribution in [3.63, 3.8) is 0 Å². The average molecular weight is 320 g/mol. The van der Waals surface area contributed by atoms with Crippen LogP contribution in [0.2, 0.25) is 5.02 Å². The smallest absolute Gasteiger partial charge is 0.309 e. The lowest BCUT2D eigenvalue weighted by Gasteiger charge is -2.09. The first kappa shape index (κ1) is 16.6. The molecule has 0 saturated carbocycles. The number of nitro benzene ring substituents is 1. The minimum absolute atomic E-state index is 0.0296. The Bertz CT molecular complexity index is 549. The van der Waals surface area contributed by atoms with Gasteiger partial charge in [0.1, 0.15) is 0 Å². The van der Waals surface area contributed by atoms with Gasteiger partial charge < -0.3 is 4.74 Å². The van der Waals surface area contributed by atoms with E-state index >= 15 is 0 Å². The lowest BCUT2D eigenvalue weighted by molar-refractivity contribution is -0.385. The van der Waals surface area contributed by atoms with Gasteiger partial charge in [-0.15, -0.1) is 0 Å². The molecule has 1 rings (SSSR count). The molecule has 0 fully saturated rings. The van der Waals surface area contributed by atoms with E-state index in [1.165, 1.54) is 25.3 Å². The maximum absolute atomic E-state index is 12.0. The topological polar surface area (TPSA) is 86.5 Å². The van der Waals surface area contributed by atoms with Crippen LogP contribution in [-0.2, 0) is 26.1 Å². The van der Waals surface area contributed by atoms with Crippen molar-refractivity contribution in [3.05, 3.63) is 38.9 Å². The quantitative estimate of drug-likeness (QED) is 0.456. The first-order chi connectivity index (χ1) is 9.35. The molecule has 6 nitrogen and oxygen atoms in total. The molecule has 0 aliphatic heterocycles. The minimum atomic E-state index is -1.42. The lowest BCUT2D eigenvalue weighted by atomic mass is 10.2. The summed E-state index contributed by atoms with van der Waals surface area (Å²) < 4.78 is 16.5. The van der Waals surface area contributed by atoms with Gasteiger partial charge in [-0.25, -0.2) is 0 Å². The molecule has 8 heteroatoms. The molecule has 0 saturated heterocycles. The van der Waals surface area contributed by atoms with Crippen molar-refractivity contribution < 1.29 is 18.7 Å². The number of methoxy groups -OCH3 is 1. The highest BCUT2D eigenvalue weighted by atomic mass is 35.5. The predicted molar refractivity (Wildman–Crippen MR) is 76.0 cm³/mol. The maximum atomic E-state index is 12.0. The Labute approximate surface area is 123 Å². The zero-order valence-electron chi connectivity index (χ0n) is 11.0.